The van der Waals surface area contributed by atoms with Crippen LogP contribution in [0.3, 0.4) is 0 Å². The van der Waals surface area contributed by atoms with Crippen molar-refractivity contribution in [3.05, 3.63) is 36.0 Å². The highest BCUT2D eigenvalue weighted by atomic mass is 19.4. The molecule has 3 aliphatic rings. The Morgan fingerprint density at radius 3 is 2.35 bits per heavy atom. The number of nitrogens with zero attached hydrogens (tertiary/aromatic N) is 3. The predicted octanol–water partition coefficient (Wildman–Crippen LogP) is 7.28. The molecule has 1 aliphatic carbocycles. The van der Waals surface area contributed by atoms with Gasteiger partial charge in [-0.2, -0.15) is 8.78 Å². The first-order valence-electron chi connectivity index (χ1n) is 17.1. The zero-order chi connectivity index (χ0) is 37.7. The smallest absolute Gasteiger partial charge is 0.471 e. The molecular weight excluding hydrogens is 681 g/mol. The molecule has 2 bridgehead atoms. The average Bonchev–Trinajstić information content (AvgIpc) is 3.61. The lowest BCUT2D eigenvalue weighted by Gasteiger charge is -2.35. The van der Waals surface area contributed by atoms with Crippen LogP contribution in [0, 0.1) is 23.2 Å². The highest BCUT2D eigenvalue weighted by molar-refractivity contribution is 5.90. The van der Waals surface area contributed by atoms with Gasteiger partial charge in [-0.05, 0) is 76.0 Å². The van der Waals surface area contributed by atoms with Crippen molar-refractivity contribution in [2.24, 2.45) is 23.2 Å². The van der Waals surface area contributed by atoms with E-state index in [1.165, 1.54) is 11.0 Å². The summed E-state index contributed by atoms with van der Waals surface area (Å²) < 4.78 is 92.7. The molecule has 10 nitrogen and oxygen atoms in total. The molecule has 280 valence electrons. The van der Waals surface area contributed by atoms with Crippen molar-refractivity contribution < 1.29 is 55.3 Å². The lowest BCUT2D eigenvalue weighted by atomic mass is 9.77. The molecule has 5 rings (SSSR count). The minimum Gasteiger partial charge on any atom is -0.471 e. The quantitative estimate of drug-likeness (QED) is 0.183. The van der Waals surface area contributed by atoms with Gasteiger partial charge in [-0.3, -0.25) is 9.59 Å². The van der Waals surface area contributed by atoms with Crippen LogP contribution in [0.15, 0.2) is 30.4 Å². The minimum absolute atomic E-state index is 0.0384. The zero-order valence-corrected chi connectivity index (χ0v) is 29.7. The van der Waals surface area contributed by atoms with E-state index in [0.717, 1.165) is 18.2 Å². The number of carbonyl (C=O) groups is 3. The van der Waals surface area contributed by atoms with Crippen LogP contribution in [-0.2, 0) is 29.8 Å². The van der Waals surface area contributed by atoms with E-state index in [0.29, 0.717) is 18.9 Å². The molecule has 1 amide bonds. The first-order chi connectivity index (χ1) is 23.6. The number of aromatic nitrogens is 2. The Labute approximate surface area is 293 Å². The highest BCUT2D eigenvalue weighted by Gasteiger charge is 2.53. The summed E-state index contributed by atoms with van der Waals surface area (Å²) in [7, 11) is 0. The molecular formula is C36H44F5N3O7. The molecule has 1 aromatic carbocycles. The molecule has 3 heterocycles. The van der Waals surface area contributed by atoms with Gasteiger partial charge < -0.3 is 23.8 Å². The maximum absolute atomic E-state index is 16.0. The van der Waals surface area contributed by atoms with Gasteiger partial charge >= 0.3 is 24.2 Å². The van der Waals surface area contributed by atoms with Crippen molar-refractivity contribution >= 4 is 28.9 Å². The molecule has 51 heavy (non-hydrogen) atoms. The summed E-state index contributed by atoms with van der Waals surface area (Å²) in [5, 5.41) is 0. The van der Waals surface area contributed by atoms with Gasteiger partial charge in [0.05, 0.1) is 29.9 Å². The third-order valence-electron chi connectivity index (χ3n) is 9.30. The summed E-state index contributed by atoms with van der Waals surface area (Å²) in [5.74, 6) is -8.71. The van der Waals surface area contributed by atoms with Crippen LogP contribution in [0.5, 0.6) is 11.6 Å². The largest absolute Gasteiger partial charge is 0.573 e. The zero-order valence-electron chi connectivity index (χ0n) is 29.7. The van der Waals surface area contributed by atoms with E-state index in [2.05, 4.69) is 14.7 Å². The van der Waals surface area contributed by atoms with Gasteiger partial charge in [-0.15, -0.1) is 13.2 Å². The van der Waals surface area contributed by atoms with Crippen molar-refractivity contribution in [2.75, 3.05) is 6.54 Å². The highest BCUT2D eigenvalue weighted by Crippen LogP contribution is 2.43. The first-order valence-corrected chi connectivity index (χ1v) is 17.1. The van der Waals surface area contributed by atoms with Gasteiger partial charge in [0.1, 0.15) is 29.6 Å². The number of allylic oxidation sites excluding steroid dienone is 2. The first kappa shape index (κ1) is 38.2. The SMILES string of the molecule is CC[C@@H]1[C@@H]2CN(C(=O)[C@H](C(C)(C)C)CC(=O)O[C@@H]3C[C@H]3CC/C=C/C(F)(F)c3nc4ccc(OC(F)(F)F)cc4nc3O2)[C@@H]1C(=O)OC(C)(C)C. The Morgan fingerprint density at radius 1 is 1.02 bits per heavy atom. The van der Waals surface area contributed by atoms with E-state index in [-0.39, 0.29) is 42.8 Å². The second-order valence-corrected chi connectivity index (χ2v) is 15.5. The minimum atomic E-state index is -5.02. The number of alkyl halides is 5. The fraction of sp³-hybridized carbons (Fsp3) is 0.639. The third kappa shape index (κ3) is 9.07. The number of benzene rings is 1. The number of rotatable bonds is 3. The lowest BCUT2D eigenvalue weighted by molar-refractivity contribution is -0.274. The summed E-state index contributed by atoms with van der Waals surface area (Å²) in [6, 6.07) is 1.70. The second-order valence-electron chi connectivity index (χ2n) is 15.5. The van der Waals surface area contributed by atoms with E-state index in [4.69, 9.17) is 14.2 Å². The molecule has 2 aliphatic heterocycles. The lowest BCUT2D eigenvalue weighted by Crippen LogP contribution is -2.50. The molecule has 6 atom stereocenters. The number of amides is 1. The topological polar surface area (TPSA) is 117 Å². The van der Waals surface area contributed by atoms with Gasteiger partial charge in [0, 0.05) is 12.0 Å². The maximum Gasteiger partial charge on any atom is 0.573 e. The summed E-state index contributed by atoms with van der Waals surface area (Å²) >= 11 is 0. The summed E-state index contributed by atoms with van der Waals surface area (Å²) in [4.78, 5) is 51.1. The van der Waals surface area contributed by atoms with E-state index in [1.807, 2.05) is 0 Å². The summed E-state index contributed by atoms with van der Waals surface area (Å²) in [6.07, 6.45) is -3.36. The van der Waals surface area contributed by atoms with Crippen LogP contribution in [0.4, 0.5) is 22.0 Å². The van der Waals surface area contributed by atoms with Crippen LogP contribution >= 0.6 is 0 Å². The Kier molecular flexibility index (Phi) is 10.4. The number of hydrogen-bond donors (Lipinski definition) is 0. The standard InChI is InChI=1S/C36H44F5N3O7/c1-8-21-26-18-44(28(21)32(47)51-34(5,6)7)31(46)22(33(2,3)4)17-27(45)48-25-15-19(25)11-9-10-14-35(37,38)29-30(49-26)43-24-16-20(50-36(39,40)41)12-13-23(24)42-29/h10,12-14,16,19,21-22,25-26,28H,8-9,11,15,17-18H2,1-7H3/b14-10+/t19-,21-,22-,25-,26+,28+/m1/s1. The fourth-order valence-electron chi connectivity index (χ4n) is 6.67. The van der Waals surface area contributed by atoms with E-state index >= 15 is 8.78 Å². The summed E-state index contributed by atoms with van der Waals surface area (Å²) in [5.41, 5.74) is -2.97. The maximum atomic E-state index is 16.0. The summed E-state index contributed by atoms with van der Waals surface area (Å²) in [6.45, 7) is 11.8. The number of carbonyl (C=O) groups excluding carboxylic acids is 3. The number of ether oxygens (including phenoxy) is 4. The Balaban J connectivity index is 1.64. The Bertz CT molecular complexity index is 1680. The van der Waals surface area contributed by atoms with Gasteiger partial charge in [0.25, 0.3) is 0 Å². The van der Waals surface area contributed by atoms with Gasteiger partial charge in [0.15, 0.2) is 5.69 Å². The van der Waals surface area contributed by atoms with Crippen LogP contribution in [0.1, 0.15) is 86.3 Å². The normalized spacial score (nSPS) is 28.0. The van der Waals surface area contributed by atoms with Crippen molar-refractivity contribution in [1.82, 2.24) is 14.9 Å². The fourth-order valence-corrected chi connectivity index (χ4v) is 6.67. The van der Waals surface area contributed by atoms with Crippen LogP contribution in [-0.4, -0.2) is 69.5 Å². The molecule has 0 unspecified atom stereocenters. The van der Waals surface area contributed by atoms with E-state index in [9.17, 15) is 27.6 Å². The van der Waals surface area contributed by atoms with Crippen molar-refractivity contribution in [3.8, 4) is 11.6 Å². The number of halogens is 5. The monoisotopic (exact) mass is 725 g/mol. The number of esters is 2. The Hall–Kier alpha value is -4.04. The van der Waals surface area contributed by atoms with Crippen LogP contribution < -0.4 is 9.47 Å². The van der Waals surface area contributed by atoms with Gasteiger partial charge in [0.2, 0.25) is 11.8 Å². The number of hydrogen-bond acceptors (Lipinski definition) is 9. The molecule has 0 spiro atoms. The van der Waals surface area contributed by atoms with Gasteiger partial charge in [-0.25, -0.2) is 14.8 Å². The number of fused-ring (bicyclic) bond motifs is 5. The van der Waals surface area contributed by atoms with Crippen LogP contribution in [0.25, 0.3) is 11.0 Å². The van der Waals surface area contributed by atoms with Crippen LogP contribution in [0.2, 0.25) is 0 Å². The van der Waals surface area contributed by atoms with E-state index in [1.54, 1.807) is 48.5 Å². The molecule has 1 aromatic heterocycles. The Morgan fingerprint density at radius 2 is 1.73 bits per heavy atom. The van der Waals surface area contributed by atoms with Crippen molar-refractivity contribution in [3.63, 3.8) is 0 Å². The molecule has 0 N–H and O–H groups in total. The van der Waals surface area contributed by atoms with Gasteiger partial charge in [-0.1, -0.05) is 33.8 Å². The average molecular weight is 726 g/mol. The van der Waals surface area contributed by atoms with Crippen molar-refractivity contribution in [2.45, 2.75) is 117 Å². The molecule has 2 aromatic rings. The second kappa shape index (κ2) is 13.8. The van der Waals surface area contributed by atoms with Crippen molar-refractivity contribution in [1.29, 1.82) is 0 Å². The predicted molar refractivity (Wildman–Crippen MR) is 174 cm³/mol. The molecule has 15 heteroatoms. The van der Waals surface area contributed by atoms with E-state index < -0.39 is 88.6 Å². The molecule has 0 radical (unpaired) electrons. The molecule has 2 fully saturated rings. The molecule has 1 saturated heterocycles. The molecule has 1 saturated carbocycles. The third-order valence-corrected chi connectivity index (χ3v) is 9.30.